The van der Waals surface area contributed by atoms with Crippen molar-refractivity contribution in [3.63, 3.8) is 0 Å². The minimum absolute atomic E-state index is 0.0700. The molecule has 1 N–H and O–H groups in total. The Labute approximate surface area is 90.3 Å². The number of phenolic OH excluding ortho intramolecular Hbond substituents is 1. The van der Waals surface area contributed by atoms with E-state index in [-0.39, 0.29) is 6.04 Å². The van der Waals surface area contributed by atoms with E-state index in [0.717, 1.165) is 21.4 Å². The number of benzene rings is 1. The van der Waals surface area contributed by atoms with E-state index in [0.29, 0.717) is 5.75 Å². The van der Waals surface area contributed by atoms with Crippen molar-refractivity contribution < 1.29 is 9.85 Å². The third-order valence-corrected chi connectivity index (χ3v) is 2.30. The Bertz CT molecular complexity index is 372. The van der Waals surface area contributed by atoms with Crippen molar-refractivity contribution in [1.29, 1.82) is 0 Å². The third-order valence-electron chi connectivity index (χ3n) is 2.30. The van der Waals surface area contributed by atoms with Gasteiger partial charge in [0, 0.05) is 5.56 Å². The zero-order valence-electron chi connectivity index (χ0n) is 9.61. The molecule has 0 fully saturated rings. The molecule has 0 saturated heterocycles. The van der Waals surface area contributed by atoms with Gasteiger partial charge in [-0.3, -0.25) is 0 Å². The Hall–Kier alpha value is -1.51. The van der Waals surface area contributed by atoms with Gasteiger partial charge in [0.1, 0.15) is 5.75 Å². The summed E-state index contributed by atoms with van der Waals surface area (Å²) in [6, 6.07) is 3.53. The van der Waals surface area contributed by atoms with Gasteiger partial charge in [-0.2, -0.15) is 0 Å². The number of aryl methyl sites for hydroxylation is 2. The van der Waals surface area contributed by atoms with E-state index in [4.69, 9.17) is 0 Å². The first-order valence-corrected chi connectivity index (χ1v) is 5.02. The van der Waals surface area contributed by atoms with Crippen LogP contribution in [-0.4, -0.2) is 22.1 Å². The van der Waals surface area contributed by atoms with Crippen molar-refractivity contribution in [3.05, 3.63) is 34.0 Å². The predicted octanol–water partition coefficient (Wildman–Crippen LogP) is 2.35. The molecule has 1 aromatic rings. The van der Waals surface area contributed by atoms with Gasteiger partial charge in [0.15, 0.2) is 12.3 Å². The lowest BCUT2D eigenvalue weighted by Gasteiger charge is -2.08. The van der Waals surface area contributed by atoms with Gasteiger partial charge in [-0.15, -0.1) is 0 Å². The van der Waals surface area contributed by atoms with E-state index in [2.05, 4.69) is 0 Å². The smallest absolute Gasteiger partial charge is 0.182 e. The Kier molecular flexibility index (Phi) is 3.35. The molecule has 1 rings (SSSR count). The zero-order chi connectivity index (χ0) is 11.6. The molecule has 3 heteroatoms. The molecule has 0 aliphatic rings. The molecule has 0 bridgehead atoms. The summed E-state index contributed by atoms with van der Waals surface area (Å²) in [6.07, 6.45) is 1.55. The minimum atomic E-state index is -0.0700. The topological polar surface area (TPSA) is 46.3 Å². The summed E-state index contributed by atoms with van der Waals surface area (Å²) in [7, 11) is 0. The number of rotatable bonds is 2. The lowest BCUT2D eigenvalue weighted by molar-refractivity contribution is -0.487. The second-order valence-corrected chi connectivity index (χ2v) is 4.09. The number of hydroxylamine groups is 1. The normalized spacial score (nSPS) is 12.2. The maximum absolute atomic E-state index is 11.4. The molecule has 82 valence electrons. The molecular weight excluding hydrogens is 190 g/mol. The van der Waals surface area contributed by atoms with Gasteiger partial charge in [-0.1, -0.05) is 0 Å². The van der Waals surface area contributed by atoms with Gasteiger partial charge in [-0.25, -0.2) is 4.74 Å². The molecule has 15 heavy (non-hydrogen) atoms. The number of hydrogen-bond acceptors (Lipinski definition) is 2. The highest BCUT2D eigenvalue weighted by Crippen LogP contribution is 2.21. The van der Waals surface area contributed by atoms with Crippen molar-refractivity contribution in [3.8, 4) is 5.75 Å². The lowest BCUT2D eigenvalue weighted by Crippen LogP contribution is -2.15. The summed E-state index contributed by atoms with van der Waals surface area (Å²) in [5, 5.41) is 21.0. The first kappa shape index (κ1) is 11.6. The van der Waals surface area contributed by atoms with Gasteiger partial charge in [0.25, 0.3) is 0 Å². The van der Waals surface area contributed by atoms with Crippen LogP contribution in [0, 0.1) is 19.1 Å². The van der Waals surface area contributed by atoms with Crippen molar-refractivity contribution in [2.24, 2.45) is 0 Å². The van der Waals surface area contributed by atoms with Crippen LogP contribution in [0.25, 0.3) is 0 Å². The van der Waals surface area contributed by atoms with Crippen molar-refractivity contribution in [2.45, 2.75) is 33.7 Å². The number of hydrogen-bond donors (Lipinski definition) is 1. The Balaban J connectivity index is 3.13. The summed E-state index contributed by atoms with van der Waals surface area (Å²) in [5.74, 6) is 0.300. The van der Waals surface area contributed by atoms with Crippen LogP contribution in [0.5, 0.6) is 5.75 Å². The molecule has 0 atom stereocenters. The Morgan fingerprint density at radius 2 is 1.73 bits per heavy atom. The average molecular weight is 207 g/mol. The van der Waals surface area contributed by atoms with Crippen LogP contribution < -0.4 is 0 Å². The van der Waals surface area contributed by atoms with E-state index in [9.17, 15) is 10.3 Å². The summed E-state index contributed by atoms with van der Waals surface area (Å²) >= 11 is 0. The molecule has 0 heterocycles. The van der Waals surface area contributed by atoms with Crippen molar-refractivity contribution >= 4 is 6.21 Å². The number of nitrogens with zero attached hydrogens (tertiary/aromatic N) is 1. The molecule has 0 unspecified atom stereocenters. The highest BCUT2D eigenvalue weighted by Gasteiger charge is 2.05. The second kappa shape index (κ2) is 4.34. The SMILES string of the molecule is Cc1cc(/C=[N+](\[O-])C(C)C)cc(C)c1O. The van der Waals surface area contributed by atoms with Gasteiger partial charge in [0.05, 0.1) is 0 Å². The third kappa shape index (κ3) is 2.72. The predicted molar refractivity (Wildman–Crippen MR) is 61.5 cm³/mol. The number of phenols is 1. The fourth-order valence-corrected chi connectivity index (χ4v) is 1.36. The number of aromatic hydroxyl groups is 1. The van der Waals surface area contributed by atoms with Crippen LogP contribution in [0.1, 0.15) is 30.5 Å². The first-order chi connectivity index (χ1) is 6.91. The van der Waals surface area contributed by atoms with Gasteiger partial charge >= 0.3 is 0 Å². The van der Waals surface area contributed by atoms with Gasteiger partial charge < -0.3 is 10.3 Å². The summed E-state index contributed by atoms with van der Waals surface area (Å²) in [4.78, 5) is 0. The summed E-state index contributed by atoms with van der Waals surface area (Å²) < 4.78 is 0.908. The fourth-order valence-electron chi connectivity index (χ4n) is 1.36. The molecule has 3 nitrogen and oxygen atoms in total. The minimum Gasteiger partial charge on any atom is -0.624 e. The summed E-state index contributed by atoms with van der Waals surface area (Å²) in [6.45, 7) is 7.32. The van der Waals surface area contributed by atoms with Gasteiger partial charge in [0.2, 0.25) is 0 Å². The van der Waals surface area contributed by atoms with E-state index >= 15 is 0 Å². The second-order valence-electron chi connectivity index (χ2n) is 4.09. The van der Waals surface area contributed by atoms with Crippen LogP contribution in [0.4, 0.5) is 0 Å². The molecular formula is C12H17NO2. The van der Waals surface area contributed by atoms with E-state index in [1.807, 2.05) is 27.7 Å². The maximum atomic E-state index is 11.4. The molecule has 0 amide bonds. The molecule has 0 saturated carbocycles. The maximum Gasteiger partial charge on any atom is 0.182 e. The monoisotopic (exact) mass is 207 g/mol. The highest BCUT2D eigenvalue weighted by molar-refractivity contribution is 5.77. The van der Waals surface area contributed by atoms with Crippen LogP contribution in [0.15, 0.2) is 12.1 Å². The van der Waals surface area contributed by atoms with Gasteiger partial charge in [-0.05, 0) is 51.0 Å². The molecule has 0 radical (unpaired) electrons. The standard InChI is InChI=1S/C12H17NO2/c1-8(2)13(15)7-11-5-9(3)12(14)10(4)6-11/h5-8,14H,1-4H3/b13-7-. The molecule has 1 aromatic carbocycles. The zero-order valence-corrected chi connectivity index (χ0v) is 9.61. The van der Waals surface area contributed by atoms with Crippen LogP contribution in [0.3, 0.4) is 0 Å². The average Bonchev–Trinajstić information content (AvgIpc) is 2.13. The Morgan fingerprint density at radius 3 is 2.13 bits per heavy atom. The molecule has 0 aliphatic carbocycles. The molecule has 0 spiro atoms. The van der Waals surface area contributed by atoms with Crippen LogP contribution >= 0.6 is 0 Å². The lowest BCUT2D eigenvalue weighted by atomic mass is 10.1. The quantitative estimate of drug-likeness (QED) is 0.350. The van der Waals surface area contributed by atoms with E-state index in [1.54, 1.807) is 18.3 Å². The van der Waals surface area contributed by atoms with E-state index in [1.165, 1.54) is 0 Å². The van der Waals surface area contributed by atoms with E-state index < -0.39 is 0 Å². The Morgan fingerprint density at radius 1 is 1.27 bits per heavy atom. The van der Waals surface area contributed by atoms with Crippen LogP contribution in [0.2, 0.25) is 0 Å². The molecule has 0 aromatic heterocycles. The van der Waals surface area contributed by atoms with Crippen molar-refractivity contribution in [2.75, 3.05) is 0 Å². The summed E-state index contributed by atoms with van der Waals surface area (Å²) in [5.41, 5.74) is 2.41. The molecule has 0 aliphatic heterocycles. The fraction of sp³-hybridized carbons (Fsp3) is 0.417. The van der Waals surface area contributed by atoms with Crippen molar-refractivity contribution in [1.82, 2.24) is 0 Å². The largest absolute Gasteiger partial charge is 0.624 e. The highest BCUT2D eigenvalue weighted by atomic mass is 16.5. The van der Waals surface area contributed by atoms with Crippen LogP contribution in [-0.2, 0) is 0 Å². The first-order valence-electron chi connectivity index (χ1n) is 5.02.